The van der Waals surface area contributed by atoms with Gasteiger partial charge in [0.15, 0.2) is 0 Å². The van der Waals surface area contributed by atoms with Crippen molar-refractivity contribution in [1.29, 1.82) is 0 Å². The van der Waals surface area contributed by atoms with Gasteiger partial charge in [-0.3, -0.25) is 4.79 Å². The number of carbonyl (C=O) groups excluding carboxylic acids is 1. The van der Waals surface area contributed by atoms with Crippen LogP contribution in [0, 0.1) is 0 Å². The van der Waals surface area contributed by atoms with Crippen LogP contribution in [0.4, 0.5) is 0 Å². The van der Waals surface area contributed by atoms with Crippen LogP contribution in [0.15, 0.2) is 0 Å². The van der Waals surface area contributed by atoms with Gasteiger partial charge in [-0.2, -0.15) is 0 Å². The lowest BCUT2D eigenvalue weighted by Gasteiger charge is -2.22. The predicted octanol–water partition coefficient (Wildman–Crippen LogP) is 1.49. The maximum absolute atomic E-state index is 11.6. The first-order valence-corrected chi connectivity index (χ1v) is 5.88. The molecule has 94 valence electrons. The fraction of sp³-hybridized carbons (Fsp3) is 0.917. The summed E-state index contributed by atoms with van der Waals surface area (Å²) in [7, 11) is 1.70. The Morgan fingerprint density at radius 1 is 1.38 bits per heavy atom. The number of rotatable bonds is 4. The SMILES string of the molecule is COC1CCCC1NC(=O)COC(C)(C)C. The molecule has 1 aliphatic rings. The highest BCUT2D eigenvalue weighted by Crippen LogP contribution is 2.21. The van der Waals surface area contributed by atoms with E-state index in [9.17, 15) is 4.79 Å². The van der Waals surface area contributed by atoms with Gasteiger partial charge in [0.25, 0.3) is 0 Å². The average Bonchev–Trinajstić information content (AvgIpc) is 2.61. The Hall–Kier alpha value is -0.610. The molecule has 2 atom stereocenters. The van der Waals surface area contributed by atoms with Crippen molar-refractivity contribution in [3.8, 4) is 0 Å². The monoisotopic (exact) mass is 229 g/mol. The van der Waals surface area contributed by atoms with Crippen LogP contribution in [0.5, 0.6) is 0 Å². The molecule has 0 aromatic rings. The van der Waals surface area contributed by atoms with Crippen LogP contribution in [-0.2, 0) is 14.3 Å². The summed E-state index contributed by atoms with van der Waals surface area (Å²) < 4.78 is 10.7. The fourth-order valence-electron chi connectivity index (χ4n) is 1.90. The highest BCUT2D eigenvalue weighted by Gasteiger charge is 2.28. The van der Waals surface area contributed by atoms with E-state index in [0.29, 0.717) is 0 Å². The number of methoxy groups -OCH3 is 1. The Morgan fingerprint density at radius 3 is 2.62 bits per heavy atom. The van der Waals surface area contributed by atoms with Gasteiger partial charge in [-0.15, -0.1) is 0 Å². The van der Waals surface area contributed by atoms with E-state index in [1.54, 1.807) is 7.11 Å². The lowest BCUT2D eigenvalue weighted by atomic mass is 10.2. The third-order valence-corrected chi connectivity index (χ3v) is 2.74. The van der Waals surface area contributed by atoms with E-state index in [4.69, 9.17) is 9.47 Å². The third kappa shape index (κ3) is 4.49. The van der Waals surface area contributed by atoms with Gasteiger partial charge in [0.05, 0.1) is 17.7 Å². The molecule has 1 rings (SSSR count). The Labute approximate surface area is 97.7 Å². The zero-order valence-corrected chi connectivity index (χ0v) is 10.7. The summed E-state index contributed by atoms with van der Waals surface area (Å²) >= 11 is 0. The van der Waals surface area contributed by atoms with E-state index in [1.807, 2.05) is 20.8 Å². The van der Waals surface area contributed by atoms with Gasteiger partial charge in [0, 0.05) is 7.11 Å². The highest BCUT2D eigenvalue weighted by molar-refractivity contribution is 5.77. The van der Waals surface area contributed by atoms with Crippen molar-refractivity contribution in [2.24, 2.45) is 0 Å². The Morgan fingerprint density at radius 2 is 2.06 bits per heavy atom. The summed E-state index contributed by atoms with van der Waals surface area (Å²) in [5, 5.41) is 2.96. The molecule has 1 amide bonds. The van der Waals surface area contributed by atoms with E-state index in [2.05, 4.69) is 5.32 Å². The van der Waals surface area contributed by atoms with Crippen molar-refractivity contribution in [1.82, 2.24) is 5.32 Å². The molecular weight excluding hydrogens is 206 g/mol. The minimum Gasteiger partial charge on any atom is -0.379 e. The molecule has 0 heterocycles. The second-order valence-corrected chi connectivity index (χ2v) is 5.28. The number of carbonyl (C=O) groups is 1. The van der Waals surface area contributed by atoms with Gasteiger partial charge in [-0.25, -0.2) is 0 Å². The van der Waals surface area contributed by atoms with E-state index in [0.717, 1.165) is 19.3 Å². The minimum atomic E-state index is -0.270. The Kier molecular flexibility index (Phi) is 4.74. The first-order chi connectivity index (χ1) is 7.42. The van der Waals surface area contributed by atoms with Crippen molar-refractivity contribution in [3.63, 3.8) is 0 Å². The van der Waals surface area contributed by atoms with Crippen LogP contribution in [0.1, 0.15) is 40.0 Å². The summed E-state index contributed by atoms with van der Waals surface area (Å²) in [5.74, 6) is -0.0520. The van der Waals surface area contributed by atoms with E-state index in [-0.39, 0.29) is 30.3 Å². The molecule has 4 nitrogen and oxygen atoms in total. The molecule has 1 N–H and O–H groups in total. The largest absolute Gasteiger partial charge is 0.379 e. The number of hydrogen-bond donors (Lipinski definition) is 1. The van der Waals surface area contributed by atoms with Crippen LogP contribution < -0.4 is 5.32 Å². The quantitative estimate of drug-likeness (QED) is 0.794. The van der Waals surface area contributed by atoms with Gasteiger partial charge in [-0.05, 0) is 40.0 Å². The second-order valence-electron chi connectivity index (χ2n) is 5.28. The molecule has 4 heteroatoms. The van der Waals surface area contributed by atoms with Crippen molar-refractivity contribution < 1.29 is 14.3 Å². The fourth-order valence-corrected chi connectivity index (χ4v) is 1.90. The number of nitrogens with one attached hydrogen (secondary N) is 1. The van der Waals surface area contributed by atoms with Gasteiger partial charge in [0.2, 0.25) is 5.91 Å². The summed E-state index contributed by atoms with van der Waals surface area (Å²) in [5.41, 5.74) is -0.270. The Balaban J connectivity index is 2.28. The first kappa shape index (κ1) is 13.5. The van der Waals surface area contributed by atoms with Crippen LogP contribution in [-0.4, -0.2) is 37.4 Å². The molecule has 1 saturated carbocycles. The van der Waals surface area contributed by atoms with Gasteiger partial charge >= 0.3 is 0 Å². The van der Waals surface area contributed by atoms with Gasteiger partial charge in [-0.1, -0.05) is 0 Å². The lowest BCUT2D eigenvalue weighted by Crippen LogP contribution is -2.43. The molecule has 0 aliphatic heterocycles. The zero-order valence-electron chi connectivity index (χ0n) is 10.7. The maximum atomic E-state index is 11.6. The van der Waals surface area contributed by atoms with Crippen LogP contribution in [0.2, 0.25) is 0 Å². The number of hydrogen-bond acceptors (Lipinski definition) is 3. The molecule has 0 aromatic heterocycles. The molecule has 2 unspecified atom stereocenters. The molecule has 1 aliphatic carbocycles. The molecular formula is C12H23NO3. The molecule has 1 fully saturated rings. The summed E-state index contributed by atoms with van der Waals surface area (Å²) in [6.07, 6.45) is 3.31. The molecule has 16 heavy (non-hydrogen) atoms. The third-order valence-electron chi connectivity index (χ3n) is 2.74. The van der Waals surface area contributed by atoms with E-state index >= 15 is 0 Å². The first-order valence-electron chi connectivity index (χ1n) is 5.88. The van der Waals surface area contributed by atoms with Crippen LogP contribution in [0.25, 0.3) is 0 Å². The zero-order chi connectivity index (χ0) is 12.2. The van der Waals surface area contributed by atoms with E-state index in [1.165, 1.54) is 0 Å². The normalized spacial score (nSPS) is 25.8. The molecule has 0 saturated heterocycles. The predicted molar refractivity (Wildman–Crippen MR) is 62.3 cm³/mol. The maximum Gasteiger partial charge on any atom is 0.246 e. The standard InChI is InChI=1S/C12H23NO3/c1-12(2,3)16-8-11(14)13-9-6-5-7-10(9)15-4/h9-10H,5-8H2,1-4H3,(H,13,14). The molecule has 0 aromatic carbocycles. The number of amides is 1. The Bertz CT molecular complexity index is 235. The average molecular weight is 229 g/mol. The lowest BCUT2D eigenvalue weighted by molar-refractivity contribution is -0.132. The highest BCUT2D eigenvalue weighted by atomic mass is 16.5. The molecule has 0 bridgehead atoms. The van der Waals surface area contributed by atoms with Crippen molar-refractivity contribution in [3.05, 3.63) is 0 Å². The summed E-state index contributed by atoms with van der Waals surface area (Å²) in [6.45, 7) is 5.94. The number of ether oxygens (including phenoxy) is 2. The topological polar surface area (TPSA) is 47.6 Å². The minimum absolute atomic E-state index is 0.0520. The smallest absolute Gasteiger partial charge is 0.246 e. The molecule has 0 radical (unpaired) electrons. The summed E-state index contributed by atoms with van der Waals surface area (Å²) in [6, 6.07) is 0.154. The van der Waals surface area contributed by atoms with E-state index < -0.39 is 0 Å². The van der Waals surface area contributed by atoms with Crippen molar-refractivity contribution in [2.75, 3.05) is 13.7 Å². The van der Waals surface area contributed by atoms with Crippen molar-refractivity contribution >= 4 is 5.91 Å². The van der Waals surface area contributed by atoms with Crippen LogP contribution >= 0.6 is 0 Å². The van der Waals surface area contributed by atoms with Crippen LogP contribution in [0.3, 0.4) is 0 Å². The van der Waals surface area contributed by atoms with Gasteiger partial charge in [0.1, 0.15) is 6.61 Å². The van der Waals surface area contributed by atoms with Crippen molar-refractivity contribution in [2.45, 2.75) is 57.8 Å². The van der Waals surface area contributed by atoms with Gasteiger partial charge < -0.3 is 14.8 Å². The summed E-state index contributed by atoms with van der Waals surface area (Å²) in [4.78, 5) is 11.6. The molecule has 0 spiro atoms. The second kappa shape index (κ2) is 5.64.